The molecule has 1 heterocycles. The molecular formula is C21H24Cl2N2O4S. The first-order valence-electron chi connectivity index (χ1n) is 9.62. The maximum Gasteiger partial charge on any atom is 0.246 e. The van der Waals surface area contributed by atoms with Gasteiger partial charge in [-0.1, -0.05) is 35.3 Å². The van der Waals surface area contributed by atoms with Gasteiger partial charge in [-0.3, -0.25) is 4.79 Å². The van der Waals surface area contributed by atoms with Gasteiger partial charge in [0, 0.05) is 23.1 Å². The predicted octanol–water partition coefficient (Wildman–Crippen LogP) is 4.28. The number of sulfonamides is 1. The van der Waals surface area contributed by atoms with Gasteiger partial charge in [0.25, 0.3) is 0 Å². The van der Waals surface area contributed by atoms with E-state index < -0.39 is 15.9 Å². The van der Waals surface area contributed by atoms with Gasteiger partial charge in [0.15, 0.2) is 0 Å². The van der Waals surface area contributed by atoms with E-state index in [0.29, 0.717) is 29.4 Å². The van der Waals surface area contributed by atoms with Gasteiger partial charge in [0.05, 0.1) is 19.1 Å². The van der Waals surface area contributed by atoms with Crippen LogP contribution in [0.25, 0.3) is 0 Å². The van der Waals surface area contributed by atoms with Crippen molar-refractivity contribution in [1.29, 1.82) is 0 Å². The van der Waals surface area contributed by atoms with E-state index in [0.717, 1.165) is 5.56 Å². The number of hydrogen-bond donors (Lipinski definition) is 1. The third-order valence-electron chi connectivity index (χ3n) is 5.23. The fraction of sp³-hybridized carbons (Fsp3) is 0.381. The largest absolute Gasteiger partial charge is 0.495 e. The Morgan fingerprint density at radius 3 is 2.50 bits per heavy atom. The second-order valence-electron chi connectivity index (χ2n) is 7.28. The summed E-state index contributed by atoms with van der Waals surface area (Å²) in [7, 11) is -2.44. The van der Waals surface area contributed by atoms with Crippen LogP contribution in [-0.2, 0) is 14.8 Å². The van der Waals surface area contributed by atoms with E-state index in [2.05, 4.69) is 5.32 Å². The summed E-state index contributed by atoms with van der Waals surface area (Å²) in [6.45, 7) is 2.33. The average molecular weight is 471 g/mol. The summed E-state index contributed by atoms with van der Waals surface area (Å²) in [6, 6.07) is 11.5. The molecule has 1 aliphatic rings. The number of rotatable bonds is 6. The summed E-state index contributed by atoms with van der Waals surface area (Å²) in [4.78, 5) is 12.8. The molecule has 30 heavy (non-hydrogen) atoms. The highest BCUT2D eigenvalue weighted by Gasteiger charge is 2.35. The van der Waals surface area contributed by atoms with Crippen molar-refractivity contribution in [3.05, 3.63) is 58.1 Å². The van der Waals surface area contributed by atoms with Crippen molar-refractivity contribution in [3.8, 4) is 5.75 Å². The SMILES string of the molecule is COc1ccc(Cl)cc1S(=O)(=O)N1CCCC(C(=O)NC(C)c2ccc(Cl)cc2)C1. The molecule has 0 radical (unpaired) electrons. The lowest BCUT2D eigenvalue weighted by Gasteiger charge is -2.32. The molecule has 0 aliphatic carbocycles. The molecule has 162 valence electrons. The molecule has 1 fully saturated rings. The van der Waals surface area contributed by atoms with E-state index in [9.17, 15) is 13.2 Å². The number of piperidine rings is 1. The van der Waals surface area contributed by atoms with E-state index in [1.165, 1.54) is 23.5 Å². The molecule has 2 aromatic carbocycles. The van der Waals surface area contributed by atoms with Crippen molar-refractivity contribution in [2.75, 3.05) is 20.2 Å². The quantitative estimate of drug-likeness (QED) is 0.683. The van der Waals surface area contributed by atoms with Crippen LogP contribution in [0.2, 0.25) is 10.0 Å². The molecule has 0 aromatic heterocycles. The number of halogens is 2. The van der Waals surface area contributed by atoms with Crippen LogP contribution in [0.5, 0.6) is 5.75 Å². The van der Waals surface area contributed by atoms with Crippen molar-refractivity contribution >= 4 is 39.1 Å². The van der Waals surface area contributed by atoms with Crippen LogP contribution in [0.3, 0.4) is 0 Å². The Morgan fingerprint density at radius 1 is 1.17 bits per heavy atom. The van der Waals surface area contributed by atoms with E-state index in [4.69, 9.17) is 27.9 Å². The van der Waals surface area contributed by atoms with Gasteiger partial charge in [-0.15, -0.1) is 0 Å². The molecule has 9 heteroatoms. The molecule has 1 amide bonds. The summed E-state index contributed by atoms with van der Waals surface area (Å²) in [5.74, 6) is -0.383. The molecule has 2 aromatic rings. The van der Waals surface area contributed by atoms with E-state index in [1.807, 2.05) is 19.1 Å². The predicted molar refractivity (Wildman–Crippen MR) is 117 cm³/mol. The first-order valence-corrected chi connectivity index (χ1v) is 11.8. The Morgan fingerprint density at radius 2 is 1.83 bits per heavy atom. The molecule has 2 unspecified atom stereocenters. The molecule has 1 aliphatic heterocycles. The van der Waals surface area contributed by atoms with Crippen molar-refractivity contribution in [1.82, 2.24) is 9.62 Å². The summed E-state index contributed by atoms with van der Waals surface area (Å²) in [6.07, 6.45) is 1.22. The maximum absolute atomic E-state index is 13.2. The van der Waals surface area contributed by atoms with Gasteiger partial charge in [0.1, 0.15) is 10.6 Å². The molecule has 2 atom stereocenters. The summed E-state index contributed by atoms with van der Waals surface area (Å²) < 4.78 is 33.0. The van der Waals surface area contributed by atoms with Crippen LogP contribution >= 0.6 is 23.2 Å². The lowest BCUT2D eigenvalue weighted by atomic mass is 9.98. The number of carbonyl (C=O) groups is 1. The van der Waals surface area contributed by atoms with Gasteiger partial charge in [-0.05, 0) is 55.7 Å². The Hall–Kier alpha value is -1.80. The normalized spacial score (nSPS) is 18.6. The molecule has 1 saturated heterocycles. The van der Waals surface area contributed by atoms with E-state index in [-0.39, 0.29) is 29.1 Å². The molecule has 1 N–H and O–H groups in total. The molecular weight excluding hydrogens is 447 g/mol. The highest BCUT2D eigenvalue weighted by atomic mass is 35.5. The summed E-state index contributed by atoms with van der Waals surface area (Å²) in [5, 5.41) is 3.91. The number of benzene rings is 2. The number of nitrogens with zero attached hydrogens (tertiary/aromatic N) is 1. The monoisotopic (exact) mass is 470 g/mol. The summed E-state index contributed by atoms with van der Waals surface area (Å²) >= 11 is 11.9. The van der Waals surface area contributed by atoms with Crippen molar-refractivity contribution in [2.24, 2.45) is 5.92 Å². The number of amides is 1. The van der Waals surface area contributed by atoms with Crippen LogP contribution < -0.4 is 10.1 Å². The first-order chi connectivity index (χ1) is 14.2. The Balaban J connectivity index is 1.73. The number of ether oxygens (including phenoxy) is 1. The fourth-order valence-electron chi connectivity index (χ4n) is 3.53. The molecule has 6 nitrogen and oxygen atoms in total. The van der Waals surface area contributed by atoms with E-state index >= 15 is 0 Å². The van der Waals surface area contributed by atoms with Gasteiger partial charge < -0.3 is 10.1 Å². The topological polar surface area (TPSA) is 75.7 Å². The number of hydrogen-bond acceptors (Lipinski definition) is 4. The van der Waals surface area contributed by atoms with Gasteiger partial charge in [-0.2, -0.15) is 4.31 Å². The van der Waals surface area contributed by atoms with Crippen molar-refractivity contribution in [3.63, 3.8) is 0 Å². The van der Waals surface area contributed by atoms with Gasteiger partial charge in [0.2, 0.25) is 15.9 Å². The summed E-state index contributed by atoms with van der Waals surface area (Å²) in [5.41, 5.74) is 0.928. The Bertz CT molecular complexity index is 1010. The Kier molecular flexibility index (Phi) is 7.29. The standard InChI is InChI=1S/C21H24Cl2N2O4S/c1-14(15-5-7-17(22)8-6-15)24-21(26)16-4-3-11-25(13-16)30(27,28)20-12-18(23)9-10-19(20)29-2/h5-10,12,14,16H,3-4,11,13H2,1-2H3,(H,24,26). The maximum atomic E-state index is 13.2. The highest BCUT2D eigenvalue weighted by Crippen LogP contribution is 2.32. The minimum atomic E-state index is -3.85. The fourth-order valence-corrected chi connectivity index (χ4v) is 5.60. The van der Waals surface area contributed by atoms with E-state index in [1.54, 1.807) is 18.2 Å². The zero-order valence-electron chi connectivity index (χ0n) is 16.8. The van der Waals surface area contributed by atoms with Gasteiger partial charge >= 0.3 is 0 Å². The van der Waals surface area contributed by atoms with Crippen LogP contribution in [0.1, 0.15) is 31.4 Å². The molecule has 0 spiro atoms. The first kappa shape index (κ1) is 22.9. The minimum Gasteiger partial charge on any atom is -0.495 e. The third-order valence-corrected chi connectivity index (χ3v) is 7.60. The molecule has 0 saturated carbocycles. The average Bonchev–Trinajstić information content (AvgIpc) is 2.74. The lowest BCUT2D eigenvalue weighted by molar-refractivity contribution is -0.126. The second kappa shape index (κ2) is 9.56. The highest BCUT2D eigenvalue weighted by molar-refractivity contribution is 7.89. The van der Waals surface area contributed by atoms with Crippen LogP contribution in [0.15, 0.2) is 47.4 Å². The Labute approximate surface area is 187 Å². The van der Waals surface area contributed by atoms with Gasteiger partial charge in [-0.25, -0.2) is 8.42 Å². The van der Waals surface area contributed by atoms with Crippen LogP contribution in [0, 0.1) is 5.92 Å². The zero-order valence-corrected chi connectivity index (χ0v) is 19.1. The lowest BCUT2D eigenvalue weighted by Crippen LogP contribution is -2.45. The molecule has 3 rings (SSSR count). The minimum absolute atomic E-state index is 0.00749. The molecule has 0 bridgehead atoms. The third kappa shape index (κ3) is 5.09. The number of nitrogens with one attached hydrogen (secondary N) is 1. The number of methoxy groups -OCH3 is 1. The number of carbonyl (C=O) groups excluding carboxylic acids is 1. The van der Waals surface area contributed by atoms with Crippen molar-refractivity contribution in [2.45, 2.75) is 30.7 Å². The van der Waals surface area contributed by atoms with Crippen molar-refractivity contribution < 1.29 is 17.9 Å². The smallest absolute Gasteiger partial charge is 0.246 e. The second-order valence-corrected chi connectivity index (χ2v) is 10.1. The van der Waals surface area contributed by atoms with Crippen LogP contribution in [-0.4, -0.2) is 38.8 Å². The van der Waals surface area contributed by atoms with Crippen LogP contribution in [0.4, 0.5) is 0 Å². The zero-order chi connectivity index (χ0) is 21.9.